The zero-order valence-electron chi connectivity index (χ0n) is 21.9. The number of hydrogen-bond acceptors (Lipinski definition) is 6. The van der Waals surface area contributed by atoms with Crippen LogP contribution in [0.1, 0.15) is 56.1 Å². The van der Waals surface area contributed by atoms with Crippen LogP contribution in [0.3, 0.4) is 0 Å². The Morgan fingerprint density at radius 3 is 2.51 bits per heavy atom. The minimum atomic E-state index is -4.80. The quantitative estimate of drug-likeness (QED) is 0.230. The summed E-state index contributed by atoms with van der Waals surface area (Å²) in [4.78, 5) is 16.6. The van der Waals surface area contributed by atoms with Crippen LogP contribution in [0.5, 0.6) is 5.75 Å². The lowest BCUT2D eigenvalue weighted by atomic mass is 9.91. The van der Waals surface area contributed by atoms with Crippen LogP contribution in [-0.2, 0) is 12.6 Å². The fourth-order valence-corrected chi connectivity index (χ4v) is 5.57. The molecule has 2 fully saturated rings. The van der Waals surface area contributed by atoms with E-state index in [1.54, 1.807) is 6.20 Å². The maximum absolute atomic E-state index is 13.3. The number of ether oxygens (including phenoxy) is 1. The van der Waals surface area contributed by atoms with Gasteiger partial charge in [-0.1, -0.05) is 0 Å². The summed E-state index contributed by atoms with van der Waals surface area (Å²) >= 11 is 5.33. The standard InChI is InChI=1S/C27H34F3N5O3S/c1-31-26(39)34-12-10-18(11-13-34)2-3-19-14-23(17-32-16-19)38-22-7-4-20(5-8-22)33-21-6-9-25(35(36)37)24(15-21)27(28,29)30/h6,9,14-18,20,22,33H,2-5,7-8,10-13H2,1H3,(H,31,39). The summed E-state index contributed by atoms with van der Waals surface area (Å²) < 4.78 is 46.1. The summed E-state index contributed by atoms with van der Waals surface area (Å²) in [5, 5.41) is 18.0. The Hall–Kier alpha value is -3.15. The van der Waals surface area contributed by atoms with E-state index in [9.17, 15) is 23.3 Å². The Kier molecular flexibility index (Phi) is 9.47. The number of aromatic nitrogens is 1. The van der Waals surface area contributed by atoms with Crippen molar-refractivity contribution in [2.75, 3.05) is 25.5 Å². The van der Waals surface area contributed by atoms with Gasteiger partial charge in [0.05, 0.1) is 17.2 Å². The van der Waals surface area contributed by atoms with Crippen molar-refractivity contribution in [2.24, 2.45) is 5.92 Å². The second kappa shape index (κ2) is 12.8. The zero-order valence-corrected chi connectivity index (χ0v) is 22.7. The minimum absolute atomic E-state index is 0.00281. The third-order valence-corrected chi connectivity index (χ3v) is 8.04. The molecule has 2 aliphatic rings. The highest BCUT2D eigenvalue weighted by Gasteiger charge is 2.38. The van der Waals surface area contributed by atoms with Crippen LogP contribution >= 0.6 is 12.2 Å². The molecule has 1 aromatic heterocycles. The second-order valence-electron chi connectivity index (χ2n) is 10.3. The molecule has 1 aliphatic carbocycles. The molecule has 1 saturated carbocycles. The number of alkyl halides is 3. The van der Waals surface area contributed by atoms with E-state index in [-0.39, 0.29) is 17.8 Å². The van der Waals surface area contributed by atoms with Gasteiger partial charge in [0.1, 0.15) is 11.3 Å². The number of likely N-dealkylation sites (tertiary alicyclic amines) is 1. The van der Waals surface area contributed by atoms with E-state index < -0.39 is 22.4 Å². The van der Waals surface area contributed by atoms with E-state index in [4.69, 9.17) is 17.0 Å². The summed E-state index contributed by atoms with van der Waals surface area (Å²) in [6.07, 6.45) is 6.02. The molecule has 0 radical (unpaired) electrons. The van der Waals surface area contributed by atoms with Gasteiger partial charge in [-0.15, -0.1) is 0 Å². The van der Waals surface area contributed by atoms with Gasteiger partial charge in [0.2, 0.25) is 0 Å². The Morgan fingerprint density at radius 1 is 1.15 bits per heavy atom. The summed E-state index contributed by atoms with van der Waals surface area (Å²) in [5.41, 5.74) is -0.815. The summed E-state index contributed by atoms with van der Waals surface area (Å²) in [5.74, 6) is 1.40. The van der Waals surface area contributed by atoms with Gasteiger partial charge in [0.15, 0.2) is 5.11 Å². The average molecular weight is 566 g/mol. The molecule has 8 nitrogen and oxygen atoms in total. The molecule has 0 amide bonds. The third kappa shape index (κ3) is 7.93. The van der Waals surface area contributed by atoms with E-state index in [2.05, 4.69) is 26.6 Å². The number of anilines is 1. The molecule has 1 aromatic carbocycles. The fourth-order valence-electron chi connectivity index (χ4n) is 5.38. The second-order valence-corrected chi connectivity index (χ2v) is 10.7. The predicted molar refractivity (Wildman–Crippen MR) is 147 cm³/mol. The van der Waals surface area contributed by atoms with Crippen LogP contribution in [0.4, 0.5) is 24.5 Å². The first-order valence-electron chi connectivity index (χ1n) is 13.3. The van der Waals surface area contributed by atoms with Gasteiger partial charge in [-0.3, -0.25) is 15.1 Å². The molecule has 0 unspecified atom stereocenters. The van der Waals surface area contributed by atoms with Crippen molar-refractivity contribution < 1.29 is 22.8 Å². The van der Waals surface area contributed by atoms with Crippen LogP contribution in [0.25, 0.3) is 0 Å². The summed E-state index contributed by atoms with van der Waals surface area (Å²) in [6.45, 7) is 1.97. The largest absolute Gasteiger partial charge is 0.489 e. The van der Waals surface area contributed by atoms with Crippen molar-refractivity contribution in [2.45, 2.75) is 69.7 Å². The molecule has 4 rings (SSSR count). The minimum Gasteiger partial charge on any atom is -0.489 e. The number of nitro benzene ring substituents is 1. The summed E-state index contributed by atoms with van der Waals surface area (Å²) in [7, 11) is 1.86. The predicted octanol–water partition coefficient (Wildman–Crippen LogP) is 5.96. The highest BCUT2D eigenvalue weighted by molar-refractivity contribution is 7.80. The van der Waals surface area contributed by atoms with Gasteiger partial charge in [0.25, 0.3) is 5.69 Å². The average Bonchev–Trinajstić information content (AvgIpc) is 2.92. The van der Waals surface area contributed by atoms with E-state index >= 15 is 0 Å². The van der Waals surface area contributed by atoms with E-state index in [1.165, 1.54) is 6.07 Å². The molecule has 0 bridgehead atoms. The Morgan fingerprint density at radius 2 is 1.87 bits per heavy atom. The van der Waals surface area contributed by atoms with Crippen molar-refractivity contribution in [1.29, 1.82) is 0 Å². The number of halogens is 3. The lowest BCUT2D eigenvalue weighted by molar-refractivity contribution is -0.388. The number of thiocarbonyl (C=S) groups is 1. The number of rotatable bonds is 8. The van der Waals surface area contributed by atoms with Gasteiger partial charge >= 0.3 is 6.18 Å². The number of piperidine rings is 1. The first-order chi connectivity index (χ1) is 18.6. The maximum atomic E-state index is 13.3. The smallest absolute Gasteiger partial charge is 0.423 e. The molecular weight excluding hydrogens is 531 g/mol. The van der Waals surface area contributed by atoms with Gasteiger partial charge in [0, 0.05) is 44.1 Å². The van der Waals surface area contributed by atoms with Crippen molar-refractivity contribution >= 4 is 28.7 Å². The first kappa shape index (κ1) is 28.8. The van der Waals surface area contributed by atoms with Crippen molar-refractivity contribution in [3.63, 3.8) is 0 Å². The number of benzene rings is 1. The molecule has 0 spiro atoms. The van der Waals surface area contributed by atoms with Crippen molar-refractivity contribution in [3.05, 3.63) is 57.9 Å². The van der Waals surface area contributed by atoms with Crippen molar-refractivity contribution in [1.82, 2.24) is 15.2 Å². The lowest BCUT2D eigenvalue weighted by Crippen LogP contribution is -2.43. The topological polar surface area (TPSA) is 92.6 Å². The highest BCUT2D eigenvalue weighted by Crippen LogP contribution is 2.38. The normalized spacial score (nSPS) is 20.4. The van der Waals surface area contributed by atoms with Gasteiger partial charge in [-0.25, -0.2) is 0 Å². The molecule has 2 aromatic rings. The monoisotopic (exact) mass is 565 g/mol. The molecule has 0 atom stereocenters. The molecule has 212 valence electrons. The SMILES string of the molecule is CNC(=S)N1CCC(CCc2cncc(OC3CCC(Nc4ccc([N+](=O)[O-])c(C(F)(F)F)c4)CC3)c2)CC1. The Balaban J connectivity index is 1.24. The molecule has 1 saturated heterocycles. The number of nitrogens with one attached hydrogen (secondary N) is 2. The zero-order chi connectivity index (χ0) is 28.0. The fraction of sp³-hybridized carbons (Fsp3) is 0.556. The molecule has 2 heterocycles. The van der Waals surface area contributed by atoms with Crippen LogP contribution < -0.4 is 15.4 Å². The molecule has 12 heteroatoms. The van der Waals surface area contributed by atoms with Crippen LogP contribution in [-0.4, -0.2) is 52.2 Å². The molecule has 2 N–H and O–H groups in total. The highest BCUT2D eigenvalue weighted by atomic mass is 32.1. The van der Waals surface area contributed by atoms with E-state index in [1.807, 2.05) is 13.2 Å². The van der Waals surface area contributed by atoms with Crippen LogP contribution in [0, 0.1) is 16.0 Å². The molecule has 1 aliphatic heterocycles. The maximum Gasteiger partial charge on any atom is 0.423 e. The molecular formula is C27H34F3N5O3S. The first-order valence-corrected chi connectivity index (χ1v) is 13.7. The summed E-state index contributed by atoms with van der Waals surface area (Å²) in [6, 6.07) is 5.07. The van der Waals surface area contributed by atoms with E-state index in [0.717, 1.165) is 80.2 Å². The number of aryl methyl sites for hydroxylation is 1. The van der Waals surface area contributed by atoms with Gasteiger partial charge in [-0.2, -0.15) is 13.2 Å². The third-order valence-electron chi connectivity index (χ3n) is 7.57. The Bertz CT molecular complexity index is 1150. The lowest BCUT2D eigenvalue weighted by Gasteiger charge is -2.33. The number of nitro groups is 1. The van der Waals surface area contributed by atoms with Crippen LogP contribution in [0.2, 0.25) is 0 Å². The van der Waals surface area contributed by atoms with Crippen LogP contribution in [0.15, 0.2) is 36.7 Å². The number of nitrogens with zero attached hydrogens (tertiary/aromatic N) is 3. The van der Waals surface area contributed by atoms with E-state index in [0.29, 0.717) is 18.8 Å². The van der Waals surface area contributed by atoms with Gasteiger partial charge in [-0.05, 0) is 93.3 Å². The number of hydrogen-bond donors (Lipinski definition) is 2. The number of pyridine rings is 1. The Labute approximate surface area is 231 Å². The molecule has 39 heavy (non-hydrogen) atoms. The van der Waals surface area contributed by atoms with Gasteiger partial charge < -0.3 is 20.3 Å². The van der Waals surface area contributed by atoms with Crippen molar-refractivity contribution in [3.8, 4) is 5.75 Å².